The molecule has 0 fully saturated rings. The summed E-state index contributed by atoms with van der Waals surface area (Å²) in [6.07, 6.45) is 0. The van der Waals surface area contributed by atoms with Crippen molar-refractivity contribution in [3.63, 3.8) is 0 Å². The van der Waals surface area contributed by atoms with Crippen LogP contribution >= 0.6 is 11.6 Å². The molecular weight excluding hydrogens is 286 g/mol. The molecule has 0 radical (unpaired) electrons. The maximum absolute atomic E-state index is 10.4. The molecular formula is C12H16ClNO4Si. The maximum atomic E-state index is 10.4. The predicted molar refractivity (Wildman–Crippen MR) is 67.7 cm³/mol. The number of hydrogen-bond acceptors (Lipinski definition) is 5. The van der Waals surface area contributed by atoms with Gasteiger partial charge < -0.3 is 25.3 Å². The van der Waals surface area contributed by atoms with E-state index in [4.69, 9.17) is 11.6 Å². The second-order valence-corrected chi connectivity index (χ2v) is 3.85. The van der Waals surface area contributed by atoms with Crippen LogP contribution in [0.4, 0.5) is 0 Å². The van der Waals surface area contributed by atoms with Crippen LogP contribution in [0.15, 0.2) is 24.3 Å². The van der Waals surface area contributed by atoms with E-state index in [1.807, 2.05) is 0 Å². The second-order valence-electron chi connectivity index (χ2n) is 3.41. The van der Waals surface area contributed by atoms with Gasteiger partial charge in [0.1, 0.15) is 0 Å². The molecule has 1 rings (SSSR count). The average Bonchev–Trinajstić information content (AvgIpc) is 2.30. The molecule has 19 heavy (non-hydrogen) atoms. The summed E-state index contributed by atoms with van der Waals surface area (Å²) < 4.78 is 0. The van der Waals surface area contributed by atoms with Crippen LogP contribution in [0.5, 0.6) is 5.75 Å². The second kappa shape index (κ2) is 13.8. The third-order valence-corrected chi connectivity index (χ3v) is 2.25. The molecule has 5 nitrogen and oxygen atoms in total. The molecule has 0 unspecified atom stereocenters. The molecule has 0 aromatic heterocycles. The summed E-state index contributed by atoms with van der Waals surface area (Å²) >= 11 is 5.44. The van der Waals surface area contributed by atoms with Crippen molar-refractivity contribution < 1.29 is 20.4 Å². The van der Waals surface area contributed by atoms with Crippen molar-refractivity contribution in [2.45, 2.75) is 0 Å². The van der Waals surface area contributed by atoms with E-state index in [0.717, 1.165) is 0 Å². The minimum Gasteiger partial charge on any atom is -0.872 e. The average molecular weight is 302 g/mol. The monoisotopic (exact) mass is 301 g/mol. The van der Waals surface area contributed by atoms with Crippen molar-refractivity contribution in [1.29, 1.82) is 0 Å². The Balaban J connectivity index is 0. The van der Waals surface area contributed by atoms with Gasteiger partial charge in [0, 0.05) is 5.02 Å². The smallest absolute Gasteiger partial charge is 0.872 e. The summed E-state index contributed by atoms with van der Waals surface area (Å²) in [6.45, 7) is 0.263. The van der Waals surface area contributed by atoms with E-state index in [9.17, 15) is 20.4 Å². The SMILES string of the molecule is [O-]CCN(CC[O-])CC[O-].[O-]c1cccc(Cl)c1.[Si+4]. The summed E-state index contributed by atoms with van der Waals surface area (Å²) in [5, 5.41) is 41.0. The van der Waals surface area contributed by atoms with E-state index in [1.165, 1.54) is 12.1 Å². The van der Waals surface area contributed by atoms with Gasteiger partial charge in [0.15, 0.2) is 0 Å². The van der Waals surface area contributed by atoms with Crippen LogP contribution in [0.25, 0.3) is 0 Å². The summed E-state index contributed by atoms with van der Waals surface area (Å²) in [5.41, 5.74) is 0. The van der Waals surface area contributed by atoms with Gasteiger partial charge in [-0.2, -0.15) is 0 Å². The van der Waals surface area contributed by atoms with Gasteiger partial charge in [0.25, 0.3) is 0 Å². The van der Waals surface area contributed by atoms with Gasteiger partial charge in [-0.15, -0.1) is 25.6 Å². The topological polar surface area (TPSA) is 95.5 Å². The first-order chi connectivity index (χ1) is 8.63. The fourth-order valence-electron chi connectivity index (χ4n) is 1.19. The van der Waals surface area contributed by atoms with Crippen molar-refractivity contribution in [2.75, 3.05) is 39.5 Å². The van der Waals surface area contributed by atoms with Gasteiger partial charge in [0.2, 0.25) is 0 Å². The van der Waals surface area contributed by atoms with E-state index < -0.39 is 0 Å². The van der Waals surface area contributed by atoms with Gasteiger partial charge in [-0.25, -0.2) is 0 Å². The predicted octanol–water partition coefficient (Wildman–Crippen LogP) is -2.60. The minimum atomic E-state index is -0.236. The number of rotatable bonds is 6. The number of benzene rings is 1. The molecule has 1 aromatic carbocycles. The van der Waals surface area contributed by atoms with Crippen molar-refractivity contribution in [3.8, 4) is 5.75 Å². The van der Waals surface area contributed by atoms with Gasteiger partial charge in [0.05, 0.1) is 0 Å². The van der Waals surface area contributed by atoms with Crippen LogP contribution in [0, 0.1) is 0 Å². The summed E-state index contributed by atoms with van der Waals surface area (Å²) in [6, 6.07) is 6.14. The first-order valence-electron chi connectivity index (χ1n) is 5.53. The molecule has 0 N–H and O–H groups in total. The Morgan fingerprint density at radius 3 is 1.68 bits per heavy atom. The van der Waals surface area contributed by atoms with Crippen LogP contribution in [0.3, 0.4) is 0 Å². The standard InChI is InChI=1S/C6H5ClO.C6H12NO3.Si/c7-5-2-1-3-6(8)4-5;8-4-1-7(2-5-9)3-6-10;/h1-4,8H;1-6H2;/q;-3;+4/p-1. The summed E-state index contributed by atoms with van der Waals surface area (Å²) in [5.74, 6) is -0.0440. The molecule has 0 atom stereocenters. The Morgan fingerprint density at radius 2 is 1.42 bits per heavy atom. The van der Waals surface area contributed by atoms with Crippen molar-refractivity contribution in [2.24, 2.45) is 0 Å². The first-order valence-corrected chi connectivity index (χ1v) is 5.91. The van der Waals surface area contributed by atoms with Crippen molar-refractivity contribution in [1.82, 2.24) is 4.90 Å². The number of nitrogens with zero attached hydrogens (tertiary/aromatic N) is 1. The molecule has 0 aliphatic rings. The van der Waals surface area contributed by atoms with Gasteiger partial charge >= 0.3 is 11.0 Å². The van der Waals surface area contributed by atoms with Crippen LogP contribution in [-0.4, -0.2) is 55.3 Å². The molecule has 1 aromatic rings. The molecule has 0 aliphatic heterocycles. The van der Waals surface area contributed by atoms with E-state index in [2.05, 4.69) is 0 Å². The van der Waals surface area contributed by atoms with Gasteiger partial charge in [-0.1, -0.05) is 29.8 Å². The maximum Gasteiger partial charge on any atom is 4.00 e. The minimum absolute atomic E-state index is 0. The van der Waals surface area contributed by atoms with Crippen molar-refractivity contribution in [3.05, 3.63) is 29.3 Å². The van der Waals surface area contributed by atoms with Crippen LogP contribution < -0.4 is 20.4 Å². The Labute approximate surface area is 123 Å². The zero-order valence-electron chi connectivity index (χ0n) is 10.5. The summed E-state index contributed by atoms with van der Waals surface area (Å²) in [4.78, 5) is 1.60. The Kier molecular flexibility index (Phi) is 15.0. The molecule has 0 aliphatic carbocycles. The van der Waals surface area contributed by atoms with E-state index in [1.54, 1.807) is 17.0 Å². The number of halogens is 1. The normalized spacial score (nSPS) is 9.53. The fourth-order valence-corrected chi connectivity index (χ4v) is 1.37. The first kappa shape index (κ1) is 20.7. The van der Waals surface area contributed by atoms with Gasteiger partial charge in [-0.05, 0) is 25.7 Å². The summed E-state index contributed by atoms with van der Waals surface area (Å²) in [7, 11) is 0. The third-order valence-electron chi connectivity index (χ3n) is 2.02. The van der Waals surface area contributed by atoms with Crippen LogP contribution in [0.2, 0.25) is 5.02 Å². The Morgan fingerprint density at radius 1 is 0.947 bits per heavy atom. The largest absolute Gasteiger partial charge is 4.00 e. The molecule has 0 spiro atoms. The Hall–Kier alpha value is -0.633. The molecule has 0 amide bonds. The Bertz CT molecular complexity index is 286. The van der Waals surface area contributed by atoms with Crippen LogP contribution in [-0.2, 0) is 0 Å². The van der Waals surface area contributed by atoms with E-state index >= 15 is 0 Å². The quantitative estimate of drug-likeness (QED) is 0.537. The van der Waals surface area contributed by atoms with Crippen LogP contribution in [0.1, 0.15) is 0 Å². The van der Waals surface area contributed by atoms with Crippen molar-refractivity contribution >= 4 is 22.6 Å². The number of hydrogen-bond donors (Lipinski definition) is 0. The molecule has 0 bridgehead atoms. The van der Waals surface area contributed by atoms with E-state index in [-0.39, 0.29) is 36.5 Å². The third kappa shape index (κ3) is 12.2. The molecule has 0 heterocycles. The molecule has 7 heteroatoms. The molecule has 0 saturated carbocycles. The molecule has 104 valence electrons. The zero-order chi connectivity index (χ0) is 13.8. The molecule has 0 saturated heterocycles. The van der Waals surface area contributed by atoms with Gasteiger partial charge in [-0.3, -0.25) is 0 Å². The zero-order valence-corrected chi connectivity index (χ0v) is 12.3. The fraction of sp³-hybridized carbons (Fsp3) is 0.500. The van der Waals surface area contributed by atoms with E-state index in [0.29, 0.717) is 24.7 Å².